The van der Waals surface area contributed by atoms with Crippen LogP contribution in [0.2, 0.25) is 0 Å². The molecule has 1 atom stereocenters. The van der Waals surface area contributed by atoms with E-state index >= 15 is 0 Å². The van der Waals surface area contributed by atoms with Crippen LogP contribution in [0, 0.1) is 11.8 Å². The molecule has 0 heterocycles. The molecule has 0 bridgehead atoms. The number of hydrogen-bond donors (Lipinski definition) is 1. The summed E-state index contributed by atoms with van der Waals surface area (Å²) in [5, 5.41) is 3.51. The Morgan fingerprint density at radius 1 is 1.31 bits per heavy atom. The highest BCUT2D eigenvalue weighted by Crippen LogP contribution is 2.33. The normalized spacial score (nSPS) is 24.7. The minimum absolute atomic E-state index is 0.642. The van der Waals surface area contributed by atoms with Crippen molar-refractivity contribution in [1.82, 2.24) is 5.32 Å². The van der Waals surface area contributed by atoms with Crippen LogP contribution in [0.3, 0.4) is 0 Å². The van der Waals surface area contributed by atoms with Crippen molar-refractivity contribution in [1.29, 1.82) is 0 Å². The molecule has 2 aliphatic rings. The molecular weight excluding hydrogens is 162 g/mol. The summed E-state index contributed by atoms with van der Waals surface area (Å²) in [6.07, 6.45) is 5.61. The van der Waals surface area contributed by atoms with Gasteiger partial charge in [0, 0.05) is 12.6 Å². The maximum absolute atomic E-state index is 5.71. The maximum atomic E-state index is 5.71. The summed E-state index contributed by atoms with van der Waals surface area (Å²) in [6.45, 7) is 5.20. The van der Waals surface area contributed by atoms with Crippen LogP contribution in [0.15, 0.2) is 0 Å². The van der Waals surface area contributed by atoms with Crippen LogP contribution in [-0.4, -0.2) is 25.8 Å². The van der Waals surface area contributed by atoms with Gasteiger partial charge in [-0.05, 0) is 44.1 Å². The van der Waals surface area contributed by atoms with E-state index in [0.717, 1.165) is 31.6 Å². The van der Waals surface area contributed by atoms with E-state index < -0.39 is 0 Å². The fourth-order valence-electron chi connectivity index (χ4n) is 1.77. The number of rotatable bonds is 7. The smallest absolute Gasteiger partial charge is 0.0622 e. The van der Waals surface area contributed by atoms with E-state index in [4.69, 9.17) is 4.74 Å². The largest absolute Gasteiger partial charge is 0.380 e. The molecule has 0 amide bonds. The molecule has 0 aromatic rings. The lowest BCUT2D eigenvalue weighted by molar-refractivity contribution is 0.0974. The van der Waals surface area contributed by atoms with Gasteiger partial charge < -0.3 is 10.1 Å². The van der Waals surface area contributed by atoms with E-state index in [-0.39, 0.29) is 0 Å². The van der Waals surface area contributed by atoms with E-state index in [2.05, 4.69) is 12.2 Å². The topological polar surface area (TPSA) is 21.3 Å². The quantitative estimate of drug-likeness (QED) is 0.650. The van der Waals surface area contributed by atoms with Crippen LogP contribution in [0.4, 0.5) is 0 Å². The molecular formula is C11H21NO. The minimum Gasteiger partial charge on any atom is -0.380 e. The van der Waals surface area contributed by atoms with Gasteiger partial charge in [-0.25, -0.2) is 0 Å². The van der Waals surface area contributed by atoms with Crippen LogP contribution in [0.25, 0.3) is 0 Å². The molecule has 0 spiro atoms. The van der Waals surface area contributed by atoms with Crippen LogP contribution < -0.4 is 5.32 Å². The van der Waals surface area contributed by atoms with E-state index in [9.17, 15) is 0 Å². The maximum Gasteiger partial charge on any atom is 0.0622 e. The molecule has 1 N–H and O–H groups in total. The van der Waals surface area contributed by atoms with Crippen molar-refractivity contribution in [3.8, 4) is 0 Å². The first-order valence-corrected chi connectivity index (χ1v) is 5.71. The Labute approximate surface area is 81.0 Å². The van der Waals surface area contributed by atoms with Crippen molar-refractivity contribution in [3.05, 3.63) is 0 Å². The number of ether oxygens (including phenoxy) is 1. The van der Waals surface area contributed by atoms with Crippen molar-refractivity contribution in [2.45, 2.75) is 38.6 Å². The summed E-state index contributed by atoms with van der Waals surface area (Å²) in [5.41, 5.74) is 0. The van der Waals surface area contributed by atoms with Crippen molar-refractivity contribution in [2.24, 2.45) is 11.8 Å². The van der Waals surface area contributed by atoms with Gasteiger partial charge in [-0.3, -0.25) is 0 Å². The molecule has 2 rings (SSSR count). The molecule has 0 aliphatic heterocycles. The molecule has 2 aliphatic carbocycles. The van der Waals surface area contributed by atoms with Crippen molar-refractivity contribution in [3.63, 3.8) is 0 Å². The molecule has 0 saturated heterocycles. The second kappa shape index (κ2) is 4.43. The SMILES string of the molecule is CCNC(COCC1CC1)C1CC1. The predicted molar refractivity (Wildman–Crippen MR) is 53.7 cm³/mol. The lowest BCUT2D eigenvalue weighted by Crippen LogP contribution is -2.35. The lowest BCUT2D eigenvalue weighted by Gasteiger charge is -2.16. The molecule has 2 fully saturated rings. The summed E-state index contributed by atoms with van der Waals surface area (Å²) in [6, 6.07) is 0.642. The van der Waals surface area contributed by atoms with Gasteiger partial charge in [-0.2, -0.15) is 0 Å². The summed E-state index contributed by atoms with van der Waals surface area (Å²) in [5.74, 6) is 1.82. The fraction of sp³-hybridized carbons (Fsp3) is 1.00. The lowest BCUT2D eigenvalue weighted by atomic mass is 10.2. The average molecular weight is 183 g/mol. The van der Waals surface area contributed by atoms with Gasteiger partial charge >= 0.3 is 0 Å². The van der Waals surface area contributed by atoms with Gasteiger partial charge in [0.05, 0.1) is 6.61 Å². The van der Waals surface area contributed by atoms with Crippen molar-refractivity contribution >= 4 is 0 Å². The Kier molecular flexibility index (Phi) is 3.23. The molecule has 13 heavy (non-hydrogen) atoms. The van der Waals surface area contributed by atoms with E-state index in [1.54, 1.807) is 0 Å². The first kappa shape index (κ1) is 9.47. The first-order valence-electron chi connectivity index (χ1n) is 5.71. The standard InChI is InChI=1S/C11H21NO/c1-2-12-11(10-5-6-10)8-13-7-9-3-4-9/h9-12H,2-8H2,1H3. The second-order valence-electron chi connectivity index (χ2n) is 4.48. The molecule has 0 radical (unpaired) electrons. The summed E-state index contributed by atoms with van der Waals surface area (Å²) < 4.78 is 5.71. The highest BCUT2D eigenvalue weighted by molar-refractivity contribution is 4.86. The number of likely N-dealkylation sites (N-methyl/N-ethyl adjacent to an activating group) is 1. The fourth-order valence-corrected chi connectivity index (χ4v) is 1.77. The minimum atomic E-state index is 0.642. The monoisotopic (exact) mass is 183 g/mol. The van der Waals surface area contributed by atoms with Crippen LogP contribution in [0.1, 0.15) is 32.6 Å². The Bertz CT molecular complexity index is 152. The summed E-state index contributed by atoms with van der Waals surface area (Å²) in [7, 11) is 0. The highest BCUT2D eigenvalue weighted by atomic mass is 16.5. The molecule has 1 unspecified atom stereocenters. The van der Waals surface area contributed by atoms with Gasteiger partial charge in [-0.1, -0.05) is 6.92 Å². The van der Waals surface area contributed by atoms with Gasteiger partial charge in [-0.15, -0.1) is 0 Å². The predicted octanol–water partition coefficient (Wildman–Crippen LogP) is 1.80. The molecule has 0 aromatic carbocycles. The Morgan fingerprint density at radius 3 is 2.62 bits per heavy atom. The van der Waals surface area contributed by atoms with Crippen molar-refractivity contribution in [2.75, 3.05) is 19.8 Å². The van der Waals surface area contributed by atoms with Gasteiger partial charge in [0.15, 0.2) is 0 Å². The second-order valence-corrected chi connectivity index (χ2v) is 4.48. The summed E-state index contributed by atoms with van der Waals surface area (Å²) in [4.78, 5) is 0. The first-order chi connectivity index (χ1) is 6.40. The van der Waals surface area contributed by atoms with Crippen LogP contribution in [0.5, 0.6) is 0 Å². The molecule has 2 heteroatoms. The van der Waals surface area contributed by atoms with E-state index in [1.165, 1.54) is 25.7 Å². The number of nitrogens with one attached hydrogen (secondary N) is 1. The van der Waals surface area contributed by atoms with Gasteiger partial charge in [0.25, 0.3) is 0 Å². The summed E-state index contributed by atoms with van der Waals surface area (Å²) >= 11 is 0. The van der Waals surface area contributed by atoms with Crippen LogP contribution >= 0.6 is 0 Å². The molecule has 2 nitrogen and oxygen atoms in total. The number of hydrogen-bond acceptors (Lipinski definition) is 2. The van der Waals surface area contributed by atoms with E-state index in [1.807, 2.05) is 0 Å². The van der Waals surface area contributed by atoms with E-state index in [0.29, 0.717) is 6.04 Å². The zero-order valence-corrected chi connectivity index (χ0v) is 8.59. The molecule has 0 aromatic heterocycles. The third-order valence-corrected chi connectivity index (χ3v) is 3.01. The Morgan fingerprint density at radius 2 is 2.08 bits per heavy atom. The Hall–Kier alpha value is -0.0800. The molecule has 2 saturated carbocycles. The zero-order chi connectivity index (χ0) is 9.10. The Balaban J connectivity index is 1.57. The van der Waals surface area contributed by atoms with Crippen LogP contribution in [-0.2, 0) is 4.74 Å². The molecule has 76 valence electrons. The highest BCUT2D eigenvalue weighted by Gasteiger charge is 2.31. The van der Waals surface area contributed by atoms with Gasteiger partial charge in [0.1, 0.15) is 0 Å². The third kappa shape index (κ3) is 3.28. The van der Waals surface area contributed by atoms with Gasteiger partial charge in [0.2, 0.25) is 0 Å². The zero-order valence-electron chi connectivity index (χ0n) is 8.59. The third-order valence-electron chi connectivity index (χ3n) is 3.01. The average Bonchev–Trinajstić information content (AvgIpc) is 2.98. The van der Waals surface area contributed by atoms with Crippen molar-refractivity contribution < 1.29 is 4.74 Å².